The molecule has 0 radical (unpaired) electrons. The van der Waals surface area contributed by atoms with Crippen LogP contribution in [0.3, 0.4) is 0 Å². The monoisotopic (exact) mass is 375 g/mol. The molecule has 26 heavy (non-hydrogen) atoms. The molecule has 3 rings (SSSR count). The lowest BCUT2D eigenvalue weighted by Gasteiger charge is -2.36. The minimum atomic E-state index is -0.341. The number of carbonyl (C=O) groups excluding carboxylic acids is 1. The molecule has 1 aromatic carbocycles. The van der Waals surface area contributed by atoms with E-state index in [0.29, 0.717) is 34.1 Å². The molecule has 2 bridgehead atoms. The Morgan fingerprint density at radius 3 is 2.65 bits per heavy atom. The third-order valence-corrected chi connectivity index (χ3v) is 5.76. The Kier molecular flexibility index (Phi) is 5.64. The molecule has 2 aliphatic rings. The number of carbonyl (C=O) groups is 1. The second kappa shape index (κ2) is 7.77. The molecule has 2 saturated heterocycles. The van der Waals surface area contributed by atoms with Crippen molar-refractivity contribution in [1.29, 1.82) is 0 Å². The van der Waals surface area contributed by atoms with Gasteiger partial charge < -0.3 is 20.7 Å². The fourth-order valence-electron chi connectivity index (χ4n) is 4.06. The van der Waals surface area contributed by atoms with Gasteiger partial charge in [-0.15, -0.1) is 5.92 Å². The van der Waals surface area contributed by atoms with Gasteiger partial charge in [-0.1, -0.05) is 17.5 Å². The SMILES string of the molecule is CC#C[C@@H](C)Oc1cc(N)c(Cl)cc1C(=O)NC1C[C@H]2CC[C@@H](C1)N2C. The van der Waals surface area contributed by atoms with E-state index in [0.717, 1.165) is 12.8 Å². The number of nitrogens with one attached hydrogen (secondary N) is 1. The average molecular weight is 376 g/mol. The normalized spacial score (nSPS) is 25.9. The van der Waals surface area contributed by atoms with E-state index in [1.807, 2.05) is 6.92 Å². The van der Waals surface area contributed by atoms with Gasteiger partial charge >= 0.3 is 0 Å². The van der Waals surface area contributed by atoms with Crippen molar-refractivity contribution in [1.82, 2.24) is 10.2 Å². The minimum absolute atomic E-state index is 0.174. The van der Waals surface area contributed by atoms with E-state index in [2.05, 4.69) is 29.1 Å². The summed E-state index contributed by atoms with van der Waals surface area (Å²) in [6.45, 7) is 3.58. The molecular formula is C20H26ClN3O2. The Labute approximate surface area is 160 Å². The van der Waals surface area contributed by atoms with Gasteiger partial charge in [0.1, 0.15) is 5.75 Å². The quantitative estimate of drug-likeness (QED) is 0.627. The van der Waals surface area contributed by atoms with Crippen molar-refractivity contribution in [3.63, 3.8) is 0 Å². The molecule has 2 heterocycles. The van der Waals surface area contributed by atoms with Gasteiger partial charge in [-0.05, 0) is 52.6 Å². The smallest absolute Gasteiger partial charge is 0.255 e. The molecule has 5 nitrogen and oxygen atoms in total. The summed E-state index contributed by atoms with van der Waals surface area (Å²) in [7, 11) is 2.18. The molecule has 6 heteroatoms. The molecular weight excluding hydrogens is 350 g/mol. The lowest BCUT2D eigenvalue weighted by molar-refractivity contribution is 0.0878. The van der Waals surface area contributed by atoms with E-state index in [1.165, 1.54) is 12.8 Å². The summed E-state index contributed by atoms with van der Waals surface area (Å²) in [5.74, 6) is 5.97. The number of nitrogen functional groups attached to an aromatic ring is 1. The van der Waals surface area contributed by atoms with E-state index in [-0.39, 0.29) is 18.1 Å². The van der Waals surface area contributed by atoms with Gasteiger partial charge in [0.2, 0.25) is 0 Å². The van der Waals surface area contributed by atoms with Crippen LogP contribution in [0.5, 0.6) is 5.75 Å². The molecule has 3 N–H and O–H groups in total. The number of hydrogen-bond donors (Lipinski definition) is 2. The largest absolute Gasteiger partial charge is 0.477 e. The number of piperidine rings is 1. The van der Waals surface area contributed by atoms with E-state index >= 15 is 0 Å². The van der Waals surface area contributed by atoms with Crippen LogP contribution in [0.2, 0.25) is 5.02 Å². The lowest BCUT2D eigenvalue weighted by atomic mass is 9.97. The minimum Gasteiger partial charge on any atom is -0.477 e. The molecule has 2 aliphatic heterocycles. The standard InChI is InChI=1S/C20H26ClN3O2/c1-4-5-12(2)26-19-11-18(22)17(21)10-16(19)20(25)23-13-8-14-6-7-15(9-13)24(14)3/h10-15H,6-9,22H2,1-3H3,(H,23,25)/t12-,13?,14-,15+/m1/s1. The summed E-state index contributed by atoms with van der Waals surface area (Å²) in [5, 5.41) is 3.52. The molecule has 1 aromatic rings. The molecule has 0 spiro atoms. The molecule has 1 amide bonds. The van der Waals surface area contributed by atoms with Gasteiger partial charge in [0, 0.05) is 24.2 Å². The lowest BCUT2D eigenvalue weighted by Crippen LogP contribution is -2.48. The van der Waals surface area contributed by atoms with Gasteiger partial charge in [-0.25, -0.2) is 0 Å². The maximum Gasteiger partial charge on any atom is 0.255 e. The molecule has 0 aromatic heterocycles. The highest BCUT2D eigenvalue weighted by atomic mass is 35.5. The molecule has 4 atom stereocenters. The molecule has 2 fully saturated rings. The topological polar surface area (TPSA) is 67.6 Å². The summed E-state index contributed by atoms with van der Waals surface area (Å²) in [4.78, 5) is 15.4. The predicted molar refractivity (Wildman–Crippen MR) is 104 cm³/mol. The first-order valence-corrected chi connectivity index (χ1v) is 9.47. The van der Waals surface area contributed by atoms with Crippen LogP contribution in [0.4, 0.5) is 5.69 Å². The zero-order chi connectivity index (χ0) is 18.8. The number of nitrogens with two attached hydrogens (primary N) is 1. The van der Waals surface area contributed by atoms with Crippen molar-refractivity contribution in [3.8, 4) is 17.6 Å². The Morgan fingerprint density at radius 2 is 2.04 bits per heavy atom. The molecule has 0 saturated carbocycles. The van der Waals surface area contributed by atoms with Crippen molar-refractivity contribution >= 4 is 23.2 Å². The number of halogens is 1. The summed E-state index contributed by atoms with van der Waals surface area (Å²) < 4.78 is 5.82. The third-order valence-electron chi connectivity index (χ3n) is 5.43. The predicted octanol–water partition coefficient (Wildman–Crippen LogP) is 3.07. The van der Waals surface area contributed by atoms with Crippen molar-refractivity contribution in [3.05, 3.63) is 22.7 Å². The fourth-order valence-corrected chi connectivity index (χ4v) is 4.22. The van der Waals surface area contributed by atoms with Crippen LogP contribution in [0.1, 0.15) is 49.9 Å². The van der Waals surface area contributed by atoms with Crippen LogP contribution in [0, 0.1) is 11.8 Å². The third kappa shape index (κ3) is 3.92. The molecule has 140 valence electrons. The zero-order valence-corrected chi connectivity index (χ0v) is 16.3. The highest BCUT2D eigenvalue weighted by Crippen LogP contribution is 2.35. The van der Waals surface area contributed by atoms with E-state index < -0.39 is 0 Å². The van der Waals surface area contributed by atoms with Crippen LogP contribution in [0.15, 0.2) is 12.1 Å². The van der Waals surface area contributed by atoms with Crippen LogP contribution in [-0.2, 0) is 0 Å². The second-order valence-corrected chi connectivity index (χ2v) is 7.62. The van der Waals surface area contributed by atoms with Crippen LogP contribution in [0.25, 0.3) is 0 Å². The van der Waals surface area contributed by atoms with Crippen LogP contribution >= 0.6 is 11.6 Å². The Morgan fingerprint density at radius 1 is 1.38 bits per heavy atom. The summed E-state index contributed by atoms with van der Waals surface area (Å²) >= 11 is 6.15. The number of nitrogens with zero attached hydrogens (tertiary/aromatic N) is 1. The van der Waals surface area contributed by atoms with Gasteiger partial charge in [-0.2, -0.15) is 0 Å². The second-order valence-electron chi connectivity index (χ2n) is 7.22. The zero-order valence-electron chi connectivity index (χ0n) is 15.5. The summed E-state index contributed by atoms with van der Waals surface area (Å²) in [6.07, 6.45) is 4.04. The number of fused-ring (bicyclic) bond motifs is 2. The number of ether oxygens (including phenoxy) is 1. The maximum atomic E-state index is 12.9. The first-order chi connectivity index (χ1) is 12.4. The Balaban J connectivity index is 1.77. The van der Waals surface area contributed by atoms with Gasteiger partial charge in [0.05, 0.1) is 16.3 Å². The first kappa shape index (κ1) is 18.9. The maximum absolute atomic E-state index is 12.9. The van der Waals surface area contributed by atoms with Gasteiger partial charge in [-0.3, -0.25) is 4.79 Å². The fraction of sp³-hybridized carbons (Fsp3) is 0.550. The molecule has 0 aliphatic carbocycles. The number of rotatable bonds is 4. The van der Waals surface area contributed by atoms with Crippen molar-refractivity contribution in [2.45, 2.75) is 63.8 Å². The van der Waals surface area contributed by atoms with Crippen molar-refractivity contribution < 1.29 is 9.53 Å². The van der Waals surface area contributed by atoms with Crippen LogP contribution in [-0.4, -0.2) is 42.1 Å². The Hall–Kier alpha value is -1.90. The number of benzene rings is 1. The van der Waals surface area contributed by atoms with E-state index in [4.69, 9.17) is 22.1 Å². The van der Waals surface area contributed by atoms with Crippen molar-refractivity contribution in [2.24, 2.45) is 0 Å². The average Bonchev–Trinajstić information content (AvgIpc) is 2.80. The summed E-state index contributed by atoms with van der Waals surface area (Å²) in [6, 6.07) is 4.48. The van der Waals surface area contributed by atoms with Gasteiger partial charge in [0.15, 0.2) is 6.10 Å². The highest BCUT2D eigenvalue weighted by Gasteiger charge is 2.39. The Bertz CT molecular complexity index is 741. The van der Waals surface area contributed by atoms with E-state index in [1.54, 1.807) is 19.1 Å². The number of anilines is 1. The first-order valence-electron chi connectivity index (χ1n) is 9.09. The summed E-state index contributed by atoms with van der Waals surface area (Å²) in [5.41, 5.74) is 6.68. The highest BCUT2D eigenvalue weighted by molar-refractivity contribution is 6.33. The van der Waals surface area contributed by atoms with E-state index in [9.17, 15) is 4.79 Å². The van der Waals surface area contributed by atoms with Crippen LogP contribution < -0.4 is 15.8 Å². The number of hydrogen-bond acceptors (Lipinski definition) is 4. The number of amides is 1. The molecule has 1 unspecified atom stereocenters. The van der Waals surface area contributed by atoms with Crippen molar-refractivity contribution in [2.75, 3.05) is 12.8 Å². The van der Waals surface area contributed by atoms with Gasteiger partial charge in [0.25, 0.3) is 5.91 Å².